The summed E-state index contributed by atoms with van der Waals surface area (Å²) in [6, 6.07) is 6.27. The molecule has 2 aromatic heterocycles. The fraction of sp³-hybridized carbons (Fsp3) is 0.312. The molecule has 1 aromatic carbocycles. The summed E-state index contributed by atoms with van der Waals surface area (Å²) in [5, 5.41) is 17.8. The van der Waals surface area contributed by atoms with E-state index in [9.17, 15) is 5.11 Å². The zero-order valence-corrected chi connectivity index (χ0v) is 12.9. The van der Waals surface area contributed by atoms with Gasteiger partial charge in [-0.05, 0) is 44.0 Å². The topological polar surface area (TPSA) is 75.9 Å². The van der Waals surface area contributed by atoms with Gasteiger partial charge in [-0.15, -0.1) is 0 Å². The number of aliphatic hydroxyl groups excluding tert-OH is 1. The molecule has 0 bridgehead atoms. The first kappa shape index (κ1) is 14.5. The molecule has 6 nitrogen and oxygen atoms in total. The predicted molar refractivity (Wildman–Crippen MR) is 86.3 cm³/mol. The molecule has 0 unspecified atom stereocenters. The van der Waals surface area contributed by atoms with Crippen molar-refractivity contribution in [1.29, 1.82) is 0 Å². The molecule has 114 valence electrons. The molecule has 1 atom stereocenters. The third kappa shape index (κ3) is 2.78. The number of fused-ring (bicyclic) bond motifs is 1. The van der Waals surface area contributed by atoms with Crippen molar-refractivity contribution in [3.63, 3.8) is 0 Å². The first-order chi connectivity index (χ1) is 10.5. The lowest BCUT2D eigenvalue weighted by atomic mass is 10.1. The Morgan fingerprint density at radius 3 is 2.59 bits per heavy atom. The van der Waals surface area contributed by atoms with Gasteiger partial charge in [0.25, 0.3) is 0 Å². The van der Waals surface area contributed by atoms with E-state index in [1.165, 1.54) is 17.5 Å². The lowest BCUT2D eigenvalue weighted by Gasteiger charge is -2.09. The van der Waals surface area contributed by atoms with E-state index in [0.29, 0.717) is 12.4 Å². The van der Waals surface area contributed by atoms with Gasteiger partial charge in [0, 0.05) is 6.54 Å². The maximum atomic E-state index is 9.40. The van der Waals surface area contributed by atoms with Gasteiger partial charge in [0.05, 0.1) is 23.4 Å². The Kier molecular flexibility index (Phi) is 3.77. The monoisotopic (exact) mass is 297 g/mol. The van der Waals surface area contributed by atoms with Gasteiger partial charge in [-0.1, -0.05) is 6.07 Å². The van der Waals surface area contributed by atoms with Gasteiger partial charge in [0.1, 0.15) is 12.1 Å². The third-order valence-corrected chi connectivity index (χ3v) is 3.38. The van der Waals surface area contributed by atoms with Crippen LogP contribution in [0.15, 0.2) is 30.7 Å². The van der Waals surface area contributed by atoms with Gasteiger partial charge in [0.15, 0.2) is 5.65 Å². The zero-order chi connectivity index (χ0) is 15.7. The number of hydrogen-bond acceptors (Lipinski definition) is 5. The molecule has 6 heteroatoms. The molecule has 0 aliphatic heterocycles. The van der Waals surface area contributed by atoms with Crippen molar-refractivity contribution in [1.82, 2.24) is 19.7 Å². The number of nitrogens with zero attached hydrogens (tertiary/aromatic N) is 4. The molecule has 0 fully saturated rings. The Balaban J connectivity index is 2.07. The van der Waals surface area contributed by atoms with E-state index < -0.39 is 6.10 Å². The number of benzene rings is 1. The summed E-state index contributed by atoms with van der Waals surface area (Å²) in [6.45, 7) is 6.28. The Hall–Kier alpha value is -2.47. The van der Waals surface area contributed by atoms with Crippen molar-refractivity contribution in [2.75, 3.05) is 11.9 Å². The van der Waals surface area contributed by atoms with Crippen LogP contribution in [0.5, 0.6) is 0 Å². The second-order valence-corrected chi connectivity index (χ2v) is 5.59. The predicted octanol–water partition coefficient (Wildman–Crippen LogP) is 2.23. The molecular weight excluding hydrogens is 278 g/mol. The van der Waals surface area contributed by atoms with Crippen LogP contribution in [0, 0.1) is 13.8 Å². The van der Waals surface area contributed by atoms with Crippen LogP contribution in [-0.4, -0.2) is 37.5 Å². The summed E-state index contributed by atoms with van der Waals surface area (Å²) in [5.74, 6) is 0.682. The number of rotatable bonds is 4. The highest BCUT2D eigenvalue weighted by Crippen LogP contribution is 2.22. The van der Waals surface area contributed by atoms with Crippen LogP contribution in [-0.2, 0) is 0 Å². The number of nitrogens with one attached hydrogen (secondary N) is 1. The number of aromatic nitrogens is 4. The molecule has 22 heavy (non-hydrogen) atoms. The molecule has 0 saturated heterocycles. The van der Waals surface area contributed by atoms with Crippen LogP contribution >= 0.6 is 0 Å². The van der Waals surface area contributed by atoms with Gasteiger partial charge in [0.2, 0.25) is 0 Å². The van der Waals surface area contributed by atoms with E-state index in [0.717, 1.165) is 16.7 Å². The quantitative estimate of drug-likeness (QED) is 0.772. The van der Waals surface area contributed by atoms with Crippen molar-refractivity contribution >= 4 is 16.9 Å². The molecule has 3 aromatic rings. The minimum atomic E-state index is -0.445. The molecule has 0 radical (unpaired) electrons. The first-order valence-electron chi connectivity index (χ1n) is 7.24. The second-order valence-electron chi connectivity index (χ2n) is 5.59. The Morgan fingerprint density at radius 1 is 1.18 bits per heavy atom. The number of anilines is 1. The van der Waals surface area contributed by atoms with Gasteiger partial charge < -0.3 is 10.4 Å². The second kappa shape index (κ2) is 5.73. The normalized spacial score (nSPS) is 12.5. The van der Waals surface area contributed by atoms with Crippen molar-refractivity contribution < 1.29 is 5.11 Å². The zero-order valence-electron chi connectivity index (χ0n) is 12.9. The van der Waals surface area contributed by atoms with Gasteiger partial charge in [-0.2, -0.15) is 5.10 Å². The van der Waals surface area contributed by atoms with E-state index >= 15 is 0 Å². The fourth-order valence-electron chi connectivity index (χ4n) is 2.49. The molecule has 0 aliphatic carbocycles. The minimum Gasteiger partial charge on any atom is -0.392 e. The van der Waals surface area contributed by atoms with Crippen LogP contribution < -0.4 is 5.32 Å². The average molecular weight is 297 g/mol. The highest BCUT2D eigenvalue weighted by molar-refractivity contribution is 5.87. The van der Waals surface area contributed by atoms with E-state index in [4.69, 9.17) is 0 Å². The molecule has 0 amide bonds. The Bertz CT molecular complexity index is 789. The molecular formula is C16H19N5O. The minimum absolute atomic E-state index is 0.431. The molecule has 0 saturated carbocycles. The van der Waals surface area contributed by atoms with Crippen molar-refractivity contribution in [2.24, 2.45) is 0 Å². The molecule has 2 heterocycles. The van der Waals surface area contributed by atoms with Gasteiger partial charge >= 0.3 is 0 Å². The smallest absolute Gasteiger partial charge is 0.168 e. The number of hydrogen-bond donors (Lipinski definition) is 2. The van der Waals surface area contributed by atoms with E-state index in [-0.39, 0.29) is 0 Å². The first-order valence-corrected chi connectivity index (χ1v) is 7.24. The molecule has 3 rings (SSSR count). The molecule has 2 N–H and O–H groups in total. The van der Waals surface area contributed by atoms with E-state index in [2.05, 4.69) is 52.4 Å². The highest BCUT2D eigenvalue weighted by atomic mass is 16.3. The summed E-state index contributed by atoms with van der Waals surface area (Å²) in [5.41, 5.74) is 4.08. The lowest BCUT2D eigenvalue weighted by molar-refractivity contribution is 0.208. The van der Waals surface area contributed by atoms with Gasteiger partial charge in [-0.25, -0.2) is 14.6 Å². The summed E-state index contributed by atoms with van der Waals surface area (Å²) >= 11 is 0. The SMILES string of the molecule is Cc1cc(C)cc(-n2ncc3c(NC[C@@H](C)O)ncnc32)c1. The summed E-state index contributed by atoms with van der Waals surface area (Å²) < 4.78 is 1.81. The van der Waals surface area contributed by atoms with Crippen LogP contribution in [0.2, 0.25) is 0 Å². The fourth-order valence-corrected chi connectivity index (χ4v) is 2.49. The van der Waals surface area contributed by atoms with Crippen molar-refractivity contribution in [3.05, 3.63) is 41.9 Å². The molecule has 0 aliphatic rings. The Labute approximate surface area is 128 Å². The average Bonchev–Trinajstić information content (AvgIpc) is 2.88. The van der Waals surface area contributed by atoms with Crippen LogP contribution in [0.25, 0.3) is 16.7 Å². The third-order valence-electron chi connectivity index (χ3n) is 3.38. The highest BCUT2D eigenvalue weighted by Gasteiger charge is 2.11. The van der Waals surface area contributed by atoms with Crippen molar-refractivity contribution in [3.8, 4) is 5.69 Å². The largest absolute Gasteiger partial charge is 0.392 e. The Morgan fingerprint density at radius 2 is 1.91 bits per heavy atom. The van der Waals surface area contributed by atoms with E-state index in [1.807, 2.05) is 4.68 Å². The van der Waals surface area contributed by atoms with E-state index in [1.54, 1.807) is 13.1 Å². The van der Waals surface area contributed by atoms with Crippen molar-refractivity contribution in [2.45, 2.75) is 26.9 Å². The van der Waals surface area contributed by atoms with Crippen LogP contribution in [0.4, 0.5) is 5.82 Å². The summed E-state index contributed by atoms with van der Waals surface area (Å²) in [4.78, 5) is 8.59. The van der Waals surface area contributed by atoms with Crippen LogP contribution in [0.1, 0.15) is 18.1 Å². The number of aliphatic hydroxyl groups is 1. The molecule has 0 spiro atoms. The van der Waals surface area contributed by atoms with Crippen LogP contribution in [0.3, 0.4) is 0 Å². The summed E-state index contributed by atoms with van der Waals surface area (Å²) in [7, 11) is 0. The summed E-state index contributed by atoms with van der Waals surface area (Å²) in [6.07, 6.45) is 2.81. The maximum absolute atomic E-state index is 9.40. The maximum Gasteiger partial charge on any atom is 0.168 e. The standard InChI is InChI=1S/C16H19N5O/c1-10-4-11(2)6-13(5-10)21-16-14(8-20-21)15(18-9-19-16)17-7-12(3)22/h4-6,8-9,12,22H,7H2,1-3H3,(H,17,18,19)/t12-/m1/s1. The van der Waals surface area contributed by atoms with Gasteiger partial charge in [-0.3, -0.25) is 0 Å². The lowest BCUT2D eigenvalue weighted by Crippen LogP contribution is -2.16. The number of aryl methyl sites for hydroxylation is 2.